The second-order valence-electron chi connectivity index (χ2n) is 6.75. The van der Waals surface area contributed by atoms with E-state index in [0.717, 1.165) is 40.8 Å². The van der Waals surface area contributed by atoms with Crippen molar-refractivity contribution in [3.63, 3.8) is 0 Å². The lowest BCUT2D eigenvalue weighted by Crippen LogP contribution is -2.07. The minimum absolute atomic E-state index is 0.310. The number of fused-ring (bicyclic) bond motifs is 1. The van der Waals surface area contributed by atoms with Gasteiger partial charge < -0.3 is 5.32 Å². The van der Waals surface area contributed by atoms with Crippen LogP contribution in [0.2, 0.25) is 5.02 Å². The van der Waals surface area contributed by atoms with Crippen molar-refractivity contribution >= 4 is 17.4 Å². The number of aromatic nitrogens is 2. The van der Waals surface area contributed by atoms with Crippen molar-refractivity contribution in [2.24, 2.45) is 0 Å². The summed E-state index contributed by atoms with van der Waals surface area (Å²) in [5, 5.41) is 7.66. The Hall–Kier alpha value is -2.47. The van der Waals surface area contributed by atoms with E-state index in [9.17, 15) is 13.2 Å². The number of halogens is 4. The van der Waals surface area contributed by atoms with Crippen LogP contribution in [0.15, 0.2) is 36.4 Å². The Labute approximate surface area is 159 Å². The molecule has 1 aliphatic heterocycles. The van der Waals surface area contributed by atoms with E-state index >= 15 is 0 Å². The van der Waals surface area contributed by atoms with Crippen LogP contribution in [0.4, 0.5) is 19.0 Å². The molecule has 0 amide bonds. The smallest absolute Gasteiger partial charge is 0.369 e. The van der Waals surface area contributed by atoms with Crippen LogP contribution in [-0.4, -0.2) is 16.3 Å². The highest BCUT2D eigenvalue weighted by Gasteiger charge is 2.34. The Bertz CT molecular complexity index is 1040. The van der Waals surface area contributed by atoms with E-state index < -0.39 is 11.7 Å². The molecular weight excluding hydrogens is 375 g/mol. The molecule has 1 aliphatic rings. The lowest BCUT2D eigenvalue weighted by atomic mass is 10.0. The van der Waals surface area contributed by atoms with Crippen LogP contribution in [0.25, 0.3) is 16.9 Å². The molecule has 27 heavy (non-hydrogen) atoms. The summed E-state index contributed by atoms with van der Waals surface area (Å²) in [6, 6.07) is 9.98. The summed E-state index contributed by atoms with van der Waals surface area (Å²) in [7, 11) is 0. The third-order valence-corrected chi connectivity index (χ3v) is 5.11. The van der Waals surface area contributed by atoms with Crippen LogP contribution in [-0.2, 0) is 12.6 Å². The molecule has 140 valence electrons. The Morgan fingerprint density at radius 2 is 1.89 bits per heavy atom. The number of anilines is 1. The average molecular weight is 392 g/mol. The molecule has 0 fully saturated rings. The van der Waals surface area contributed by atoms with E-state index in [1.165, 1.54) is 6.07 Å². The molecule has 0 saturated carbocycles. The Kier molecular flexibility index (Phi) is 4.18. The molecule has 2 heterocycles. The zero-order valence-corrected chi connectivity index (χ0v) is 15.5. The van der Waals surface area contributed by atoms with Crippen molar-refractivity contribution in [2.75, 3.05) is 11.9 Å². The summed E-state index contributed by atoms with van der Waals surface area (Å²) in [6.45, 7) is 4.74. The van der Waals surface area contributed by atoms with Gasteiger partial charge in [-0.15, -0.1) is 0 Å². The maximum atomic E-state index is 13.3. The van der Waals surface area contributed by atoms with E-state index in [2.05, 4.69) is 16.5 Å². The molecule has 7 heteroatoms. The normalized spacial score (nSPS) is 13.6. The number of benzene rings is 2. The van der Waals surface area contributed by atoms with Crippen molar-refractivity contribution in [1.29, 1.82) is 0 Å². The minimum Gasteiger partial charge on any atom is -0.369 e. The van der Waals surface area contributed by atoms with Crippen molar-refractivity contribution in [3.8, 4) is 16.9 Å². The van der Waals surface area contributed by atoms with Crippen molar-refractivity contribution in [2.45, 2.75) is 26.4 Å². The first-order chi connectivity index (χ1) is 12.8. The SMILES string of the molecule is Cc1ccc(-n2nc(-c3ccc(Cl)c(C(F)(F)F)c3)c3c2NCC3)c(C)c1. The summed E-state index contributed by atoms with van der Waals surface area (Å²) in [5.41, 5.74) is 4.14. The summed E-state index contributed by atoms with van der Waals surface area (Å²) in [6.07, 6.45) is -3.80. The first-order valence-electron chi connectivity index (χ1n) is 8.56. The number of aryl methyl sites for hydroxylation is 2. The lowest BCUT2D eigenvalue weighted by molar-refractivity contribution is -0.137. The summed E-state index contributed by atoms with van der Waals surface area (Å²) in [5.74, 6) is 0.834. The van der Waals surface area contributed by atoms with Crippen LogP contribution < -0.4 is 5.32 Å². The molecule has 0 unspecified atom stereocenters. The summed E-state index contributed by atoms with van der Waals surface area (Å²) < 4.78 is 41.6. The van der Waals surface area contributed by atoms with E-state index in [1.54, 1.807) is 10.7 Å². The Balaban J connectivity index is 1.89. The predicted molar refractivity (Wildman–Crippen MR) is 101 cm³/mol. The number of hydrogen-bond acceptors (Lipinski definition) is 2. The highest BCUT2D eigenvalue weighted by atomic mass is 35.5. The van der Waals surface area contributed by atoms with E-state index in [-0.39, 0.29) is 5.02 Å². The quantitative estimate of drug-likeness (QED) is 0.598. The zero-order valence-electron chi connectivity index (χ0n) is 14.8. The number of hydrogen-bond donors (Lipinski definition) is 1. The molecule has 1 N–H and O–H groups in total. The fourth-order valence-electron chi connectivity index (χ4n) is 3.51. The number of nitrogens with zero attached hydrogens (tertiary/aromatic N) is 2. The van der Waals surface area contributed by atoms with Gasteiger partial charge in [-0.1, -0.05) is 35.4 Å². The topological polar surface area (TPSA) is 29.9 Å². The monoisotopic (exact) mass is 391 g/mol. The number of rotatable bonds is 2. The van der Waals surface area contributed by atoms with Gasteiger partial charge in [0.25, 0.3) is 0 Å². The number of nitrogens with one attached hydrogen (secondary N) is 1. The first kappa shape index (κ1) is 17.9. The maximum Gasteiger partial charge on any atom is 0.417 e. The molecule has 2 aromatic carbocycles. The van der Waals surface area contributed by atoms with Crippen molar-refractivity contribution in [3.05, 3.63) is 63.7 Å². The molecule has 4 rings (SSSR count). The second kappa shape index (κ2) is 6.30. The Morgan fingerprint density at radius 1 is 1.11 bits per heavy atom. The minimum atomic E-state index is -4.51. The zero-order chi connectivity index (χ0) is 19.3. The van der Waals surface area contributed by atoms with Gasteiger partial charge in [-0.05, 0) is 44.0 Å². The third kappa shape index (κ3) is 3.08. The van der Waals surface area contributed by atoms with E-state index in [0.29, 0.717) is 17.7 Å². The molecule has 0 aliphatic carbocycles. The lowest BCUT2D eigenvalue weighted by Gasteiger charge is -2.11. The van der Waals surface area contributed by atoms with Crippen LogP contribution in [0.5, 0.6) is 0 Å². The molecule has 0 radical (unpaired) electrons. The molecule has 0 bridgehead atoms. The van der Waals surface area contributed by atoms with Gasteiger partial charge in [-0.25, -0.2) is 4.68 Å². The van der Waals surface area contributed by atoms with Crippen molar-refractivity contribution in [1.82, 2.24) is 9.78 Å². The van der Waals surface area contributed by atoms with Gasteiger partial charge in [0.2, 0.25) is 0 Å². The molecule has 3 nitrogen and oxygen atoms in total. The first-order valence-corrected chi connectivity index (χ1v) is 8.94. The largest absolute Gasteiger partial charge is 0.417 e. The van der Waals surface area contributed by atoms with Gasteiger partial charge in [0.15, 0.2) is 0 Å². The van der Waals surface area contributed by atoms with Crippen LogP contribution in [0.3, 0.4) is 0 Å². The van der Waals surface area contributed by atoms with Crippen LogP contribution >= 0.6 is 11.6 Å². The van der Waals surface area contributed by atoms with Gasteiger partial charge in [0, 0.05) is 17.7 Å². The van der Waals surface area contributed by atoms with Gasteiger partial charge in [0.1, 0.15) is 5.82 Å². The van der Waals surface area contributed by atoms with E-state index in [4.69, 9.17) is 11.6 Å². The molecule has 3 aromatic rings. The molecule has 1 aromatic heterocycles. The second-order valence-corrected chi connectivity index (χ2v) is 7.15. The summed E-state index contributed by atoms with van der Waals surface area (Å²) >= 11 is 5.76. The van der Waals surface area contributed by atoms with Gasteiger partial charge in [0.05, 0.1) is 22.0 Å². The molecular formula is C20H17ClF3N3. The van der Waals surface area contributed by atoms with Gasteiger partial charge >= 0.3 is 6.18 Å². The highest BCUT2D eigenvalue weighted by molar-refractivity contribution is 6.31. The highest BCUT2D eigenvalue weighted by Crippen LogP contribution is 2.40. The maximum absolute atomic E-state index is 13.3. The molecule has 0 atom stereocenters. The van der Waals surface area contributed by atoms with E-state index in [1.807, 2.05) is 26.0 Å². The van der Waals surface area contributed by atoms with Crippen LogP contribution in [0, 0.1) is 13.8 Å². The molecule has 0 saturated heterocycles. The summed E-state index contributed by atoms with van der Waals surface area (Å²) in [4.78, 5) is 0. The fraction of sp³-hybridized carbons (Fsp3) is 0.250. The standard InChI is InChI=1S/C20H17ClF3N3/c1-11-3-6-17(12(2)9-11)27-19-14(7-8-25-19)18(26-27)13-4-5-16(21)15(10-13)20(22,23)24/h3-6,9-10,25H,7-8H2,1-2H3. The predicted octanol–water partition coefficient (Wildman–Crippen LogP) is 5.80. The van der Waals surface area contributed by atoms with Crippen LogP contribution in [0.1, 0.15) is 22.3 Å². The van der Waals surface area contributed by atoms with Crippen molar-refractivity contribution < 1.29 is 13.2 Å². The Morgan fingerprint density at radius 3 is 2.59 bits per heavy atom. The third-order valence-electron chi connectivity index (χ3n) is 4.78. The van der Waals surface area contributed by atoms with Gasteiger partial charge in [-0.3, -0.25) is 0 Å². The van der Waals surface area contributed by atoms with Gasteiger partial charge in [-0.2, -0.15) is 18.3 Å². The number of alkyl halides is 3. The molecule has 0 spiro atoms. The fourth-order valence-corrected chi connectivity index (χ4v) is 3.74. The average Bonchev–Trinajstić information content (AvgIpc) is 3.17.